The lowest BCUT2D eigenvalue weighted by atomic mass is 9.96. The minimum atomic E-state index is -1.19. The number of aryl methyl sites for hydroxylation is 3. The first kappa shape index (κ1) is 18.9. The molecule has 2 aromatic rings. The molecule has 1 aromatic heterocycles. The second-order valence-corrected chi connectivity index (χ2v) is 6.48. The molecular formula is C19H26N2O4. The van der Waals surface area contributed by atoms with E-state index in [4.69, 9.17) is 4.42 Å². The van der Waals surface area contributed by atoms with E-state index in [1.54, 1.807) is 32.0 Å². The van der Waals surface area contributed by atoms with Gasteiger partial charge in [0.1, 0.15) is 22.9 Å². The number of amides is 2. The summed E-state index contributed by atoms with van der Waals surface area (Å²) in [6.45, 7) is 5.88. The number of furan rings is 1. The van der Waals surface area contributed by atoms with Crippen LogP contribution in [0.25, 0.3) is 0 Å². The Morgan fingerprint density at radius 1 is 1.20 bits per heavy atom. The lowest BCUT2D eigenvalue weighted by molar-refractivity contribution is 0.0579. The summed E-state index contributed by atoms with van der Waals surface area (Å²) in [5.41, 5.74) is 0.594. The van der Waals surface area contributed by atoms with Crippen LogP contribution < -0.4 is 10.6 Å². The number of urea groups is 1. The van der Waals surface area contributed by atoms with Crippen molar-refractivity contribution in [2.75, 3.05) is 13.1 Å². The van der Waals surface area contributed by atoms with Crippen molar-refractivity contribution < 1.29 is 19.4 Å². The minimum Gasteiger partial charge on any atom is -0.508 e. The Balaban J connectivity index is 1.71. The average molecular weight is 346 g/mol. The van der Waals surface area contributed by atoms with Crippen LogP contribution in [0.1, 0.15) is 36.0 Å². The van der Waals surface area contributed by atoms with Crippen molar-refractivity contribution >= 4 is 6.03 Å². The second-order valence-electron chi connectivity index (χ2n) is 6.48. The lowest BCUT2D eigenvalue weighted by Gasteiger charge is -2.23. The zero-order valence-corrected chi connectivity index (χ0v) is 14.9. The van der Waals surface area contributed by atoms with Crippen LogP contribution in [-0.4, -0.2) is 29.3 Å². The van der Waals surface area contributed by atoms with Gasteiger partial charge >= 0.3 is 6.03 Å². The third-order valence-corrected chi connectivity index (χ3v) is 4.08. The molecule has 0 bridgehead atoms. The van der Waals surface area contributed by atoms with Gasteiger partial charge < -0.3 is 25.3 Å². The number of aromatic hydroxyl groups is 1. The van der Waals surface area contributed by atoms with E-state index in [0.717, 1.165) is 24.2 Å². The SMILES string of the molecule is Cc1cc(C(C)(O)CNC(=O)NCCCc2ccc(O)cc2)c(C)o1. The molecule has 0 spiro atoms. The molecule has 1 unspecified atom stereocenters. The van der Waals surface area contributed by atoms with Gasteiger partial charge in [-0.15, -0.1) is 0 Å². The number of hydrogen-bond donors (Lipinski definition) is 4. The molecule has 0 aliphatic heterocycles. The molecule has 6 heteroatoms. The summed E-state index contributed by atoms with van der Waals surface area (Å²) >= 11 is 0. The molecule has 1 atom stereocenters. The number of phenolic OH excluding ortho intramolecular Hbond substituents is 1. The van der Waals surface area contributed by atoms with Gasteiger partial charge in [0, 0.05) is 12.1 Å². The molecule has 0 saturated heterocycles. The average Bonchev–Trinajstić information content (AvgIpc) is 2.91. The molecule has 0 aliphatic rings. The molecule has 0 radical (unpaired) electrons. The molecule has 0 aliphatic carbocycles. The number of rotatable bonds is 7. The Bertz CT molecular complexity index is 705. The van der Waals surface area contributed by atoms with E-state index in [0.29, 0.717) is 17.9 Å². The third-order valence-electron chi connectivity index (χ3n) is 4.08. The maximum absolute atomic E-state index is 11.9. The number of carbonyl (C=O) groups excluding carboxylic acids is 1. The Labute approximate surface area is 147 Å². The zero-order valence-electron chi connectivity index (χ0n) is 14.9. The van der Waals surface area contributed by atoms with Gasteiger partial charge in [-0.2, -0.15) is 0 Å². The second kappa shape index (κ2) is 8.07. The number of aliphatic hydroxyl groups is 1. The fraction of sp³-hybridized carbons (Fsp3) is 0.421. The number of carbonyl (C=O) groups is 1. The van der Waals surface area contributed by atoms with E-state index in [-0.39, 0.29) is 18.3 Å². The maximum atomic E-state index is 11.9. The van der Waals surface area contributed by atoms with Gasteiger partial charge in [0.05, 0.1) is 6.54 Å². The molecule has 2 rings (SSSR count). The van der Waals surface area contributed by atoms with Crippen molar-refractivity contribution in [3.05, 3.63) is 53.0 Å². The molecule has 4 N–H and O–H groups in total. The summed E-state index contributed by atoms with van der Waals surface area (Å²) < 4.78 is 5.43. The van der Waals surface area contributed by atoms with E-state index in [2.05, 4.69) is 10.6 Å². The molecule has 6 nitrogen and oxygen atoms in total. The normalized spacial score (nSPS) is 13.3. The van der Waals surface area contributed by atoms with Gasteiger partial charge in [-0.05, 0) is 57.4 Å². The zero-order chi connectivity index (χ0) is 18.4. The van der Waals surface area contributed by atoms with Crippen molar-refractivity contribution in [2.45, 2.75) is 39.2 Å². The highest BCUT2D eigenvalue weighted by atomic mass is 16.3. The highest BCUT2D eigenvalue weighted by Gasteiger charge is 2.28. The largest absolute Gasteiger partial charge is 0.508 e. The van der Waals surface area contributed by atoms with E-state index in [1.165, 1.54) is 0 Å². The Hall–Kier alpha value is -2.47. The van der Waals surface area contributed by atoms with E-state index < -0.39 is 5.60 Å². The van der Waals surface area contributed by atoms with Gasteiger partial charge in [0.25, 0.3) is 0 Å². The smallest absolute Gasteiger partial charge is 0.314 e. The van der Waals surface area contributed by atoms with Crippen molar-refractivity contribution in [1.29, 1.82) is 0 Å². The van der Waals surface area contributed by atoms with E-state index in [1.807, 2.05) is 19.1 Å². The molecule has 25 heavy (non-hydrogen) atoms. The quantitative estimate of drug-likeness (QED) is 0.580. The topological polar surface area (TPSA) is 94.7 Å². The van der Waals surface area contributed by atoms with Gasteiger partial charge in [-0.1, -0.05) is 12.1 Å². The van der Waals surface area contributed by atoms with Gasteiger partial charge in [-0.3, -0.25) is 0 Å². The van der Waals surface area contributed by atoms with Crippen LogP contribution in [-0.2, 0) is 12.0 Å². The van der Waals surface area contributed by atoms with Crippen molar-refractivity contribution in [2.24, 2.45) is 0 Å². The summed E-state index contributed by atoms with van der Waals surface area (Å²) in [7, 11) is 0. The van der Waals surface area contributed by atoms with Crippen LogP contribution in [0.2, 0.25) is 0 Å². The predicted molar refractivity (Wildman–Crippen MR) is 95.6 cm³/mol. The first-order valence-electron chi connectivity index (χ1n) is 8.37. The fourth-order valence-corrected chi connectivity index (χ4v) is 2.73. The number of hydrogen-bond acceptors (Lipinski definition) is 4. The molecule has 0 fully saturated rings. The standard InChI is InChI=1S/C19H26N2O4/c1-13-11-17(14(2)25-13)19(3,24)12-21-18(23)20-10-4-5-15-6-8-16(22)9-7-15/h6-9,11,22,24H,4-5,10,12H2,1-3H3,(H2,20,21,23). The molecule has 1 aromatic carbocycles. The Morgan fingerprint density at radius 3 is 2.48 bits per heavy atom. The number of benzene rings is 1. The van der Waals surface area contributed by atoms with Crippen LogP contribution in [0.3, 0.4) is 0 Å². The van der Waals surface area contributed by atoms with Gasteiger partial charge in [-0.25, -0.2) is 4.79 Å². The van der Waals surface area contributed by atoms with Crippen LogP contribution in [0.5, 0.6) is 5.75 Å². The molecule has 1 heterocycles. The fourth-order valence-electron chi connectivity index (χ4n) is 2.73. The van der Waals surface area contributed by atoms with Gasteiger partial charge in [0.2, 0.25) is 0 Å². The molecular weight excluding hydrogens is 320 g/mol. The van der Waals surface area contributed by atoms with E-state index >= 15 is 0 Å². The van der Waals surface area contributed by atoms with Crippen LogP contribution >= 0.6 is 0 Å². The Morgan fingerprint density at radius 2 is 1.88 bits per heavy atom. The summed E-state index contributed by atoms with van der Waals surface area (Å²) in [4.78, 5) is 11.9. The monoisotopic (exact) mass is 346 g/mol. The van der Waals surface area contributed by atoms with Crippen molar-refractivity contribution in [1.82, 2.24) is 10.6 Å². The lowest BCUT2D eigenvalue weighted by Crippen LogP contribution is -2.43. The molecule has 2 amide bonds. The summed E-state index contributed by atoms with van der Waals surface area (Å²) in [5, 5.41) is 25.2. The first-order chi connectivity index (χ1) is 11.8. The van der Waals surface area contributed by atoms with Crippen LogP contribution in [0.4, 0.5) is 4.79 Å². The summed E-state index contributed by atoms with van der Waals surface area (Å²) in [6.07, 6.45) is 1.60. The third kappa shape index (κ3) is 5.53. The first-order valence-corrected chi connectivity index (χ1v) is 8.37. The minimum absolute atomic E-state index is 0.0939. The highest BCUT2D eigenvalue weighted by Crippen LogP contribution is 2.26. The summed E-state index contributed by atoms with van der Waals surface area (Å²) in [6, 6.07) is 8.49. The number of phenols is 1. The van der Waals surface area contributed by atoms with Crippen molar-refractivity contribution in [3.63, 3.8) is 0 Å². The van der Waals surface area contributed by atoms with Gasteiger partial charge in [0.15, 0.2) is 0 Å². The summed E-state index contributed by atoms with van der Waals surface area (Å²) in [5.74, 6) is 1.63. The maximum Gasteiger partial charge on any atom is 0.314 e. The molecule has 0 saturated carbocycles. The van der Waals surface area contributed by atoms with E-state index in [9.17, 15) is 15.0 Å². The van der Waals surface area contributed by atoms with Crippen molar-refractivity contribution in [3.8, 4) is 5.75 Å². The predicted octanol–water partition coefficient (Wildman–Crippen LogP) is 2.74. The molecule has 136 valence electrons. The number of nitrogens with one attached hydrogen (secondary N) is 2. The Kier molecular flexibility index (Phi) is 6.09. The van der Waals surface area contributed by atoms with Crippen LogP contribution in [0, 0.1) is 13.8 Å². The highest BCUT2D eigenvalue weighted by molar-refractivity contribution is 5.73. The van der Waals surface area contributed by atoms with Crippen LogP contribution in [0.15, 0.2) is 34.7 Å².